The molecule has 1 aromatic carbocycles. The van der Waals surface area contributed by atoms with E-state index >= 15 is 0 Å². The van der Waals surface area contributed by atoms with Crippen LogP contribution in [0.5, 0.6) is 0 Å². The maximum absolute atomic E-state index is 11.9. The normalized spacial score (nSPS) is 16.1. The number of aryl methyl sites for hydroxylation is 1. The summed E-state index contributed by atoms with van der Waals surface area (Å²) in [5, 5.41) is 8.31. The second-order valence-corrected chi connectivity index (χ2v) is 5.26. The van der Waals surface area contributed by atoms with Crippen molar-refractivity contribution in [3.8, 4) is 0 Å². The minimum absolute atomic E-state index is 0.0656. The Kier molecular flexibility index (Phi) is 2.74. The fourth-order valence-electron chi connectivity index (χ4n) is 2.24. The van der Waals surface area contributed by atoms with Crippen molar-refractivity contribution in [2.75, 3.05) is 18.0 Å². The van der Waals surface area contributed by atoms with Gasteiger partial charge in [0, 0.05) is 30.0 Å². The molecule has 0 radical (unpaired) electrons. The predicted molar refractivity (Wildman–Crippen MR) is 73.8 cm³/mol. The molecule has 1 aliphatic heterocycles. The molecule has 1 aliphatic rings. The van der Waals surface area contributed by atoms with E-state index < -0.39 is 0 Å². The van der Waals surface area contributed by atoms with Crippen molar-refractivity contribution in [3.05, 3.63) is 22.7 Å². The molecule has 1 aromatic heterocycles. The minimum atomic E-state index is -0.0656. The Labute approximate surface area is 113 Å². The molecule has 1 saturated heterocycles. The highest BCUT2D eigenvalue weighted by Crippen LogP contribution is 2.28. The summed E-state index contributed by atoms with van der Waals surface area (Å²) in [6.07, 6.45) is 0.945. The van der Waals surface area contributed by atoms with E-state index in [4.69, 9.17) is 0 Å². The number of rotatable bonds is 1. The van der Waals surface area contributed by atoms with Crippen molar-refractivity contribution >= 4 is 38.7 Å². The highest BCUT2D eigenvalue weighted by molar-refractivity contribution is 9.10. The number of hydrogen-bond acceptors (Lipinski definition) is 2. The lowest BCUT2D eigenvalue weighted by atomic mass is 10.2. The third-order valence-corrected chi connectivity index (χ3v) is 3.62. The first kappa shape index (κ1) is 11.5. The number of benzene rings is 1. The summed E-state index contributed by atoms with van der Waals surface area (Å²) in [5.41, 5.74) is 1.01. The Morgan fingerprint density at radius 1 is 1.44 bits per heavy atom. The molecule has 1 N–H and O–H groups in total. The Morgan fingerprint density at radius 2 is 2.28 bits per heavy atom. The van der Waals surface area contributed by atoms with Crippen LogP contribution in [0.25, 0.3) is 10.9 Å². The number of nitrogens with zero attached hydrogens (tertiary/aromatic N) is 3. The smallest absolute Gasteiger partial charge is 0.323 e. The molecule has 0 saturated carbocycles. The second kappa shape index (κ2) is 4.28. The molecule has 0 atom stereocenters. The predicted octanol–water partition coefficient (Wildman–Crippen LogP) is 2.26. The van der Waals surface area contributed by atoms with Crippen molar-refractivity contribution in [2.24, 2.45) is 7.05 Å². The standard InChI is InChI=1S/C12H13BrN4O/c1-16-10-7-8(13)3-4-9(10)11(15-16)17-6-2-5-14-12(17)18/h3-4,7H,2,5-6H2,1H3,(H,14,18). The largest absolute Gasteiger partial charge is 0.338 e. The first-order valence-corrected chi connectivity index (χ1v) is 6.64. The number of nitrogens with one attached hydrogen (secondary N) is 1. The van der Waals surface area contributed by atoms with Crippen LogP contribution in [0, 0.1) is 0 Å². The minimum Gasteiger partial charge on any atom is -0.338 e. The molecule has 0 spiro atoms. The van der Waals surface area contributed by atoms with Crippen LogP contribution >= 0.6 is 15.9 Å². The Bertz CT molecular complexity index is 622. The van der Waals surface area contributed by atoms with Gasteiger partial charge < -0.3 is 5.32 Å². The maximum Gasteiger partial charge on any atom is 0.323 e. The Hall–Kier alpha value is -1.56. The number of aromatic nitrogens is 2. The molecule has 2 amide bonds. The van der Waals surface area contributed by atoms with E-state index in [0.717, 1.165) is 34.2 Å². The number of hydrogen-bond donors (Lipinski definition) is 1. The topological polar surface area (TPSA) is 50.2 Å². The molecule has 0 bridgehead atoms. The molecule has 5 nitrogen and oxygen atoms in total. The average Bonchev–Trinajstić information content (AvgIpc) is 2.67. The van der Waals surface area contributed by atoms with Gasteiger partial charge >= 0.3 is 6.03 Å². The number of halogens is 1. The monoisotopic (exact) mass is 308 g/mol. The summed E-state index contributed by atoms with van der Waals surface area (Å²) in [4.78, 5) is 13.6. The van der Waals surface area contributed by atoms with Crippen LogP contribution in [0.3, 0.4) is 0 Å². The van der Waals surface area contributed by atoms with E-state index in [2.05, 4.69) is 26.3 Å². The summed E-state index contributed by atoms with van der Waals surface area (Å²) in [6, 6.07) is 5.90. The van der Waals surface area contributed by atoms with Crippen molar-refractivity contribution in [3.63, 3.8) is 0 Å². The molecule has 1 fully saturated rings. The molecule has 2 aromatic rings. The van der Waals surface area contributed by atoms with Gasteiger partial charge in [0.2, 0.25) is 0 Å². The van der Waals surface area contributed by atoms with Gasteiger partial charge in [-0.15, -0.1) is 0 Å². The first-order valence-electron chi connectivity index (χ1n) is 5.84. The van der Waals surface area contributed by atoms with Crippen LogP contribution in [0.15, 0.2) is 22.7 Å². The van der Waals surface area contributed by atoms with Crippen LogP contribution in [0.2, 0.25) is 0 Å². The number of carbonyl (C=O) groups is 1. The van der Waals surface area contributed by atoms with E-state index in [1.165, 1.54) is 0 Å². The summed E-state index contributed by atoms with van der Waals surface area (Å²) in [7, 11) is 1.89. The zero-order valence-electron chi connectivity index (χ0n) is 9.98. The summed E-state index contributed by atoms with van der Waals surface area (Å²) >= 11 is 3.45. The summed E-state index contributed by atoms with van der Waals surface area (Å²) in [5.74, 6) is 0.734. The van der Waals surface area contributed by atoms with Crippen molar-refractivity contribution in [1.82, 2.24) is 15.1 Å². The van der Waals surface area contributed by atoms with Crippen LogP contribution in [0.4, 0.5) is 10.6 Å². The first-order chi connectivity index (χ1) is 8.66. The zero-order chi connectivity index (χ0) is 12.7. The lowest BCUT2D eigenvalue weighted by Crippen LogP contribution is -2.46. The Balaban J connectivity index is 2.14. The molecule has 94 valence electrons. The molecule has 3 rings (SSSR count). The van der Waals surface area contributed by atoms with Crippen LogP contribution in [0.1, 0.15) is 6.42 Å². The number of fused-ring (bicyclic) bond motifs is 1. The van der Waals surface area contributed by atoms with Gasteiger partial charge in [-0.3, -0.25) is 9.58 Å². The highest BCUT2D eigenvalue weighted by atomic mass is 79.9. The number of urea groups is 1. The van der Waals surface area contributed by atoms with E-state index in [-0.39, 0.29) is 6.03 Å². The lowest BCUT2D eigenvalue weighted by Gasteiger charge is -2.25. The fourth-order valence-corrected chi connectivity index (χ4v) is 2.59. The third kappa shape index (κ3) is 1.77. The van der Waals surface area contributed by atoms with Gasteiger partial charge in [0.15, 0.2) is 5.82 Å². The van der Waals surface area contributed by atoms with Gasteiger partial charge in [-0.2, -0.15) is 5.10 Å². The zero-order valence-corrected chi connectivity index (χ0v) is 11.6. The Morgan fingerprint density at radius 3 is 3.06 bits per heavy atom. The molecule has 18 heavy (non-hydrogen) atoms. The quantitative estimate of drug-likeness (QED) is 0.878. The number of anilines is 1. The third-order valence-electron chi connectivity index (χ3n) is 3.13. The van der Waals surface area contributed by atoms with Gasteiger partial charge in [-0.1, -0.05) is 15.9 Å². The van der Waals surface area contributed by atoms with Crippen molar-refractivity contribution in [1.29, 1.82) is 0 Å². The van der Waals surface area contributed by atoms with E-state index in [9.17, 15) is 4.79 Å². The molecular formula is C12H13BrN4O. The van der Waals surface area contributed by atoms with Crippen molar-refractivity contribution < 1.29 is 4.79 Å². The molecule has 0 unspecified atom stereocenters. The average molecular weight is 309 g/mol. The van der Waals surface area contributed by atoms with Crippen LogP contribution in [-0.4, -0.2) is 28.9 Å². The summed E-state index contributed by atoms with van der Waals surface area (Å²) in [6.45, 7) is 1.46. The van der Waals surface area contributed by atoms with Gasteiger partial charge in [-0.05, 0) is 24.6 Å². The molecule has 0 aliphatic carbocycles. The van der Waals surface area contributed by atoms with E-state index in [0.29, 0.717) is 6.54 Å². The lowest BCUT2D eigenvalue weighted by molar-refractivity contribution is 0.242. The number of carbonyl (C=O) groups excluding carboxylic acids is 1. The van der Waals surface area contributed by atoms with E-state index in [1.807, 2.05) is 25.2 Å². The molecule has 2 heterocycles. The molecule has 6 heteroatoms. The van der Waals surface area contributed by atoms with Crippen LogP contribution in [-0.2, 0) is 7.05 Å². The highest BCUT2D eigenvalue weighted by Gasteiger charge is 2.24. The van der Waals surface area contributed by atoms with Gasteiger partial charge in [0.05, 0.1) is 5.52 Å². The van der Waals surface area contributed by atoms with E-state index in [1.54, 1.807) is 9.58 Å². The van der Waals surface area contributed by atoms with Crippen molar-refractivity contribution in [2.45, 2.75) is 6.42 Å². The fraction of sp³-hybridized carbons (Fsp3) is 0.333. The number of amides is 2. The van der Waals surface area contributed by atoms with Gasteiger partial charge in [-0.25, -0.2) is 4.79 Å². The molecular weight excluding hydrogens is 296 g/mol. The van der Waals surface area contributed by atoms with Crippen LogP contribution < -0.4 is 10.2 Å². The van der Waals surface area contributed by atoms with Gasteiger partial charge in [0.1, 0.15) is 0 Å². The SMILES string of the molecule is Cn1nc(N2CCCNC2=O)c2ccc(Br)cc21. The summed E-state index contributed by atoms with van der Waals surface area (Å²) < 4.78 is 2.81. The van der Waals surface area contributed by atoms with Gasteiger partial charge in [0.25, 0.3) is 0 Å². The maximum atomic E-state index is 11.9. The second-order valence-electron chi connectivity index (χ2n) is 4.35.